The Morgan fingerprint density at radius 1 is 1.60 bits per heavy atom. The summed E-state index contributed by atoms with van der Waals surface area (Å²) >= 11 is 5.68. The molecule has 0 aromatic heterocycles. The van der Waals surface area contributed by atoms with E-state index in [1.54, 1.807) is 6.07 Å². The van der Waals surface area contributed by atoms with Gasteiger partial charge in [-0.3, -0.25) is 4.79 Å². The minimum absolute atomic E-state index is 0.0329. The smallest absolute Gasteiger partial charge is 0.323 e. The topological polar surface area (TPSA) is 83.5 Å². The van der Waals surface area contributed by atoms with E-state index in [0.29, 0.717) is 5.56 Å². The van der Waals surface area contributed by atoms with Gasteiger partial charge in [0.2, 0.25) is 0 Å². The van der Waals surface area contributed by atoms with Crippen LogP contribution in [-0.2, 0) is 11.2 Å². The van der Waals surface area contributed by atoms with Gasteiger partial charge in [-0.15, -0.1) is 0 Å². The van der Waals surface area contributed by atoms with Gasteiger partial charge < -0.3 is 15.9 Å². The van der Waals surface area contributed by atoms with Crippen LogP contribution in [0, 0.1) is 0 Å². The van der Waals surface area contributed by atoms with Crippen molar-refractivity contribution in [3.8, 4) is 5.75 Å². The third-order valence-electron chi connectivity index (χ3n) is 2.07. The lowest BCUT2D eigenvalue weighted by Crippen LogP contribution is -2.46. The molecule has 0 saturated heterocycles. The van der Waals surface area contributed by atoms with Crippen molar-refractivity contribution in [3.05, 3.63) is 28.8 Å². The van der Waals surface area contributed by atoms with Crippen LogP contribution >= 0.6 is 11.6 Å². The molecule has 4 N–H and O–H groups in total. The molecule has 0 saturated carbocycles. The number of rotatable bonds is 3. The minimum Gasteiger partial charge on any atom is -0.506 e. The third-order valence-corrected chi connectivity index (χ3v) is 2.37. The number of carboxylic acid groups (broad SMARTS) is 1. The van der Waals surface area contributed by atoms with Crippen molar-refractivity contribution in [3.63, 3.8) is 0 Å². The van der Waals surface area contributed by atoms with Gasteiger partial charge in [0.05, 0.1) is 5.02 Å². The first-order chi connectivity index (χ1) is 6.83. The average Bonchev–Trinajstić information content (AvgIpc) is 2.10. The highest BCUT2D eigenvalue weighted by Gasteiger charge is 2.28. The summed E-state index contributed by atoms with van der Waals surface area (Å²) in [7, 11) is 0. The Hall–Kier alpha value is -1.26. The fourth-order valence-electron chi connectivity index (χ4n) is 1.16. The number of aliphatic carboxylic acids is 1. The molecule has 4 nitrogen and oxygen atoms in total. The molecule has 0 aliphatic carbocycles. The highest BCUT2D eigenvalue weighted by Crippen LogP contribution is 2.25. The summed E-state index contributed by atoms with van der Waals surface area (Å²) in [6, 6.07) is 4.51. The number of aromatic hydroxyl groups is 1. The van der Waals surface area contributed by atoms with Crippen LogP contribution in [0.15, 0.2) is 18.2 Å². The summed E-state index contributed by atoms with van der Waals surface area (Å²) in [6.07, 6.45) is 0.155. The highest BCUT2D eigenvalue weighted by atomic mass is 35.5. The second-order valence-electron chi connectivity index (χ2n) is 3.69. The average molecular weight is 230 g/mol. The van der Waals surface area contributed by atoms with Crippen molar-refractivity contribution in [2.45, 2.75) is 18.9 Å². The molecular formula is C10H12ClNO3. The molecule has 0 fully saturated rings. The van der Waals surface area contributed by atoms with Crippen molar-refractivity contribution in [1.82, 2.24) is 0 Å². The Labute approximate surface area is 92.3 Å². The standard InChI is InChI=1S/C10H12ClNO3/c1-10(12,9(14)15)5-6-2-3-8(13)7(11)4-6/h2-4,13H,5,12H2,1H3,(H,14,15). The van der Waals surface area contributed by atoms with Crippen LogP contribution in [-0.4, -0.2) is 21.7 Å². The molecule has 0 radical (unpaired) electrons. The molecular weight excluding hydrogens is 218 g/mol. The summed E-state index contributed by atoms with van der Waals surface area (Å²) in [6.45, 7) is 1.43. The number of carbonyl (C=O) groups is 1. The van der Waals surface area contributed by atoms with Gasteiger partial charge in [0.25, 0.3) is 0 Å². The van der Waals surface area contributed by atoms with Gasteiger partial charge in [0.15, 0.2) is 0 Å². The summed E-state index contributed by atoms with van der Waals surface area (Å²) < 4.78 is 0. The molecule has 1 aromatic carbocycles. The van der Waals surface area contributed by atoms with Crippen molar-refractivity contribution < 1.29 is 15.0 Å². The predicted octanol–water partition coefficient (Wildman–Crippen LogP) is 1.39. The molecule has 0 aliphatic heterocycles. The maximum atomic E-state index is 10.8. The molecule has 0 aliphatic rings. The number of halogens is 1. The van der Waals surface area contributed by atoms with E-state index in [2.05, 4.69) is 0 Å². The number of hydrogen-bond acceptors (Lipinski definition) is 3. The Morgan fingerprint density at radius 3 is 2.67 bits per heavy atom. The first kappa shape index (κ1) is 11.8. The van der Waals surface area contributed by atoms with Crippen LogP contribution in [0.2, 0.25) is 5.02 Å². The molecule has 0 heterocycles. The van der Waals surface area contributed by atoms with E-state index >= 15 is 0 Å². The van der Waals surface area contributed by atoms with Crippen LogP contribution in [0.4, 0.5) is 0 Å². The summed E-state index contributed by atoms with van der Waals surface area (Å²) in [5.41, 5.74) is 4.91. The molecule has 0 bridgehead atoms. The zero-order valence-corrected chi connectivity index (χ0v) is 8.95. The van der Waals surface area contributed by atoms with Gasteiger partial charge in [-0.1, -0.05) is 17.7 Å². The Bertz CT molecular complexity index is 390. The quantitative estimate of drug-likeness (QED) is 0.731. The summed E-state index contributed by atoms with van der Waals surface area (Å²) in [4.78, 5) is 10.8. The first-order valence-corrected chi connectivity index (χ1v) is 4.70. The lowest BCUT2D eigenvalue weighted by atomic mass is 9.94. The van der Waals surface area contributed by atoms with Crippen molar-refractivity contribution in [1.29, 1.82) is 0 Å². The zero-order chi connectivity index (χ0) is 11.6. The van der Waals surface area contributed by atoms with E-state index in [-0.39, 0.29) is 17.2 Å². The number of phenolic OH excluding ortho intramolecular Hbond substituents is 1. The van der Waals surface area contributed by atoms with E-state index in [0.717, 1.165) is 0 Å². The van der Waals surface area contributed by atoms with Gasteiger partial charge in [-0.05, 0) is 24.6 Å². The molecule has 1 rings (SSSR count). The van der Waals surface area contributed by atoms with Crippen molar-refractivity contribution in [2.24, 2.45) is 5.73 Å². The lowest BCUT2D eigenvalue weighted by molar-refractivity contribution is -0.142. The second-order valence-corrected chi connectivity index (χ2v) is 4.09. The van der Waals surface area contributed by atoms with Crippen LogP contribution in [0.5, 0.6) is 5.75 Å². The van der Waals surface area contributed by atoms with Gasteiger partial charge in [-0.25, -0.2) is 0 Å². The molecule has 0 spiro atoms. The van der Waals surface area contributed by atoms with E-state index < -0.39 is 11.5 Å². The molecule has 5 heteroatoms. The third kappa shape index (κ3) is 2.84. The number of nitrogens with two attached hydrogens (primary N) is 1. The molecule has 1 atom stereocenters. The van der Waals surface area contributed by atoms with Crippen LogP contribution < -0.4 is 5.73 Å². The predicted molar refractivity (Wildman–Crippen MR) is 57.0 cm³/mol. The maximum Gasteiger partial charge on any atom is 0.323 e. The molecule has 1 aromatic rings. The second kappa shape index (κ2) is 4.08. The lowest BCUT2D eigenvalue weighted by Gasteiger charge is -2.19. The van der Waals surface area contributed by atoms with Crippen LogP contribution in [0.1, 0.15) is 12.5 Å². The molecule has 0 amide bonds. The monoisotopic (exact) mass is 229 g/mol. The molecule has 82 valence electrons. The molecule has 15 heavy (non-hydrogen) atoms. The van der Waals surface area contributed by atoms with Crippen molar-refractivity contribution in [2.75, 3.05) is 0 Å². The van der Waals surface area contributed by atoms with Gasteiger partial charge in [0.1, 0.15) is 11.3 Å². The van der Waals surface area contributed by atoms with Crippen molar-refractivity contribution >= 4 is 17.6 Å². The minimum atomic E-state index is -1.33. The van der Waals surface area contributed by atoms with Crippen LogP contribution in [0.3, 0.4) is 0 Å². The van der Waals surface area contributed by atoms with Gasteiger partial charge in [-0.2, -0.15) is 0 Å². The zero-order valence-electron chi connectivity index (χ0n) is 8.20. The fraction of sp³-hybridized carbons (Fsp3) is 0.300. The SMILES string of the molecule is CC(N)(Cc1ccc(O)c(Cl)c1)C(=O)O. The Balaban J connectivity index is 2.91. The summed E-state index contributed by atoms with van der Waals surface area (Å²) in [5.74, 6) is -1.11. The summed E-state index contributed by atoms with van der Waals surface area (Å²) in [5, 5.41) is 18.2. The van der Waals surface area contributed by atoms with E-state index in [1.165, 1.54) is 19.1 Å². The van der Waals surface area contributed by atoms with Gasteiger partial charge >= 0.3 is 5.97 Å². The van der Waals surface area contributed by atoms with E-state index in [4.69, 9.17) is 22.4 Å². The van der Waals surface area contributed by atoms with Crippen LogP contribution in [0.25, 0.3) is 0 Å². The largest absolute Gasteiger partial charge is 0.506 e. The Kier molecular flexibility index (Phi) is 3.21. The highest BCUT2D eigenvalue weighted by molar-refractivity contribution is 6.32. The van der Waals surface area contributed by atoms with Gasteiger partial charge in [0, 0.05) is 6.42 Å². The molecule has 1 unspecified atom stereocenters. The Morgan fingerprint density at radius 2 is 2.20 bits per heavy atom. The number of phenols is 1. The number of carboxylic acids is 1. The number of benzene rings is 1. The van der Waals surface area contributed by atoms with E-state index in [9.17, 15) is 9.90 Å². The maximum absolute atomic E-state index is 10.8. The normalized spacial score (nSPS) is 14.6. The fourth-order valence-corrected chi connectivity index (χ4v) is 1.36. The number of hydrogen-bond donors (Lipinski definition) is 3. The first-order valence-electron chi connectivity index (χ1n) is 4.32. The van der Waals surface area contributed by atoms with E-state index in [1.807, 2.05) is 0 Å².